The quantitative estimate of drug-likeness (QED) is 0.416. The predicted molar refractivity (Wildman–Crippen MR) is 105 cm³/mol. The topological polar surface area (TPSA) is 54.9 Å². The molecule has 0 saturated carbocycles. The van der Waals surface area contributed by atoms with Crippen LogP contribution in [-0.4, -0.2) is 21.7 Å². The first-order valence-corrected chi connectivity index (χ1v) is 9.90. The summed E-state index contributed by atoms with van der Waals surface area (Å²) in [5.41, 5.74) is 1.63. The summed E-state index contributed by atoms with van der Waals surface area (Å²) in [4.78, 5) is 12.3. The Bertz CT molecular complexity index is 871. The third-order valence-corrected chi connectivity index (χ3v) is 5.81. The number of benzene rings is 2. The molecule has 0 unspecified atom stereocenters. The molecule has 8 heteroatoms. The summed E-state index contributed by atoms with van der Waals surface area (Å²) in [6, 6.07) is 14.9. The number of thioether (sulfide) groups is 1. The predicted octanol–water partition coefficient (Wildman–Crippen LogP) is 5.43. The minimum absolute atomic E-state index is 0.0688. The van der Waals surface area contributed by atoms with Gasteiger partial charge in [0.25, 0.3) is 0 Å². The molecule has 1 heterocycles. The first kappa shape index (κ1) is 18.2. The molecule has 0 fully saturated rings. The van der Waals surface area contributed by atoms with Gasteiger partial charge in [0.15, 0.2) is 10.1 Å². The molecule has 0 aliphatic heterocycles. The molecule has 0 amide bonds. The van der Waals surface area contributed by atoms with Gasteiger partial charge < -0.3 is 5.32 Å². The van der Waals surface area contributed by atoms with Crippen LogP contribution in [0.4, 0.5) is 5.13 Å². The van der Waals surface area contributed by atoms with Gasteiger partial charge in [-0.1, -0.05) is 76.6 Å². The van der Waals surface area contributed by atoms with Crippen LogP contribution in [-0.2, 0) is 6.54 Å². The van der Waals surface area contributed by atoms with E-state index in [2.05, 4.69) is 15.5 Å². The van der Waals surface area contributed by atoms with E-state index in [0.29, 0.717) is 22.2 Å². The summed E-state index contributed by atoms with van der Waals surface area (Å²) in [7, 11) is 0. The van der Waals surface area contributed by atoms with Crippen molar-refractivity contribution in [3.05, 3.63) is 69.7 Å². The summed E-state index contributed by atoms with van der Waals surface area (Å²) < 4.78 is 0.731. The van der Waals surface area contributed by atoms with Crippen molar-refractivity contribution in [2.75, 3.05) is 11.1 Å². The maximum Gasteiger partial charge on any atom is 0.206 e. The first-order valence-electron chi connectivity index (χ1n) is 7.34. The molecule has 0 spiro atoms. The molecule has 0 bridgehead atoms. The number of ketones is 1. The Kier molecular flexibility index (Phi) is 6.31. The van der Waals surface area contributed by atoms with Gasteiger partial charge in [-0.25, -0.2) is 0 Å². The fourth-order valence-electron chi connectivity index (χ4n) is 2.03. The number of aromatic nitrogens is 2. The number of hydrogen-bond donors (Lipinski definition) is 1. The third kappa shape index (κ3) is 5.19. The highest BCUT2D eigenvalue weighted by Crippen LogP contribution is 2.28. The van der Waals surface area contributed by atoms with E-state index in [1.54, 1.807) is 18.2 Å². The molecule has 0 radical (unpaired) electrons. The highest BCUT2D eigenvalue weighted by Gasteiger charge is 2.13. The first-order chi connectivity index (χ1) is 12.1. The summed E-state index contributed by atoms with van der Waals surface area (Å²) >= 11 is 14.7. The van der Waals surface area contributed by atoms with E-state index >= 15 is 0 Å². The maximum atomic E-state index is 12.3. The van der Waals surface area contributed by atoms with Gasteiger partial charge in [0.2, 0.25) is 5.13 Å². The van der Waals surface area contributed by atoms with E-state index < -0.39 is 0 Å². The van der Waals surface area contributed by atoms with Gasteiger partial charge in [0, 0.05) is 17.1 Å². The van der Waals surface area contributed by atoms with Crippen LogP contribution in [0.2, 0.25) is 10.0 Å². The lowest BCUT2D eigenvalue weighted by Crippen LogP contribution is -2.03. The maximum absolute atomic E-state index is 12.3. The lowest BCUT2D eigenvalue weighted by Gasteiger charge is -2.02. The Labute approximate surface area is 163 Å². The number of anilines is 1. The SMILES string of the molecule is O=C(CSc1nnc(NCc2ccccc2)s1)c1ccc(Cl)cc1Cl. The third-order valence-electron chi connectivity index (χ3n) is 3.25. The Hall–Kier alpha value is -1.60. The Morgan fingerprint density at radius 2 is 1.92 bits per heavy atom. The molecule has 0 aliphatic rings. The summed E-state index contributed by atoms with van der Waals surface area (Å²) in [5.74, 6) is 0.176. The van der Waals surface area contributed by atoms with E-state index in [0.717, 1.165) is 9.47 Å². The second-order valence-corrected chi connectivity index (χ2v) is 8.09. The van der Waals surface area contributed by atoms with Gasteiger partial charge in [-0.15, -0.1) is 10.2 Å². The van der Waals surface area contributed by atoms with Crippen molar-refractivity contribution in [2.45, 2.75) is 10.9 Å². The van der Waals surface area contributed by atoms with Crippen molar-refractivity contribution >= 4 is 57.2 Å². The van der Waals surface area contributed by atoms with E-state index in [9.17, 15) is 4.79 Å². The normalized spacial score (nSPS) is 10.6. The van der Waals surface area contributed by atoms with E-state index in [1.165, 1.54) is 28.7 Å². The molecule has 2 aromatic carbocycles. The number of carbonyl (C=O) groups excluding carboxylic acids is 1. The van der Waals surface area contributed by atoms with Gasteiger partial charge in [0.1, 0.15) is 0 Å². The highest BCUT2D eigenvalue weighted by molar-refractivity contribution is 8.01. The van der Waals surface area contributed by atoms with Crippen LogP contribution in [0.25, 0.3) is 0 Å². The van der Waals surface area contributed by atoms with Gasteiger partial charge in [0.05, 0.1) is 10.8 Å². The number of nitrogens with one attached hydrogen (secondary N) is 1. The Balaban J connectivity index is 1.53. The van der Waals surface area contributed by atoms with Crippen LogP contribution in [0.3, 0.4) is 0 Å². The van der Waals surface area contributed by atoms with Crippen LogP contribution >= 0.6 is 46.3 Å². The zero-order chi connectivity index (χ0) is 17.6. The summed E-state index contributed by atoms with van der Waals surface area (Å²) in [6.45, 7) is 0.680. The molecule has 4 nitrogen and oxygen atoms in total. The molecule has 1 N–H and O–H groups in total. The van der Waals surface area contributed by atoms with Crippen molar-refractivity contribution < 1.29 is 4.79 Å². The highest BCUT2D eigenvalue weighted by atomic mass is 35.5. The van der Waals surface area contributed by atoms with Crippen LogP contribution in [0.5, 0.6) is 0 Å². The molecule has 3 aromatic rings. The number of hydrogen-bond acceptors (Lipinski definition) is 6. The average molecular weight is 410 g/mol. The van der Waals surface area contributed by atoms with Crippen molar-refractivity contribution in [3.8, 4) is 0 Å². The van der Waals surface area contributed by atoms with Crippen LogP contribution in [0.15, 0.2) is 52.9 Å². The lowest BCUT2D eigenvalue weighted by molar-refractivity contribution is 0.102. The fraction of sp³-hybridized carbons (Fsp3) is 0.118. The number of nitrogens with zero attached hydrogens (tertiary/aromatic N) is 2. The van der Waals surface area contributed by atoms with E-state index in [1.807, 2.05) is 30.3 Å². The molecule has 3 rings (SSSR count). The summed E-state index contributed by atoms with van der Waals surface area (Å²) in [6.07, 6.45) is 0. The lowest BCUT2D eigenvalue weighted by atomic mass is 10.1. The Morgan fingerprint density at radius 3 is 2.68 bits per heavy atom. The zero-order valence-corrected chi connectivity index (χ0v) is 16.1. The number of rotatable bonds is 7. The van der Waals surface area contributed by atoms with Crippen LogP contribution in [0, 0.1) is 0 Å². The van der Waals surface area contributed by atoms with Crippen molar-refractivity contribution in [3.63, 3.8) is 0 Å². The monoisotopic (exact) mass is 409 g/mol. The second kappa shape index (κ2) is 8.67. The second-order valence-electron chi connectivity index (χ2n) is 5.05. The van der Waals surface area contributed by atoms with Gasteiger partial charge in [-0.3, -0.25) is 4.79 Å². The Morgan fingerprint density at radius 1 is 1.12 bits per heavy atom. The van der Waals surface area contributed by atoms with Gasteiger partial charge in [-0.2, -0.15) is 0 Å². The van der Waals surface area contributed by atoms with Crippen LogP contribution < -0.4 is 5.32 Å². The number of carbonyl (C=O) groups is 1. The van der Waals surface area contributed by atoms with Gasteiger partial charge >= 0.3 is 0 Å². The molecule has 1 aromatic heterocycles. The van der Waals surface area contributed by atoms with Crippen molar-refractivity contribution in [2.24, 2.45) is 0 Å². The average Bonchev–Trinajstić information content (AvgIpc) is 3.07. The molecule has 25 heavy (non-hydrogen) atoms. The van der Waals surface area contributed by atoms with Crippen LogP contribution in [0.1, 0.15) is 15.9 Å². The minimum Gasteiger partial charge on any atom is -0.356 e. The molecule has 128 valence electrons. The zero-order valence-electron chi connectivity index (χ0n) is 12.9. The molecular formula is C17H13Cl2N3OS2. The van der Waals surface area contributed by atoms with Crippen molar-refractivity contribution in [1.82, 2.24) is 10.2 Å². The molecule has 0 aliphatic carbocycles. The minimum atomic E-state index is -0.0688. The summed E-state index contributed by atoms with van der Waals surface area (Å²) in [5, 5.41) is 13.0. The van der Waals surface area contributed by atoms with Crippen molar-refractivity contribution in [1.29, 1.82) is 0 Å². The number of Topliss-reactive ketones (excluding diaryl/α,β-unsaturated/α-hetero) is 1. The largest absolute Gasteiger partial charge is 0.356 e. The smallest absolute Gasteiger partial charge is 0.206 e. The van der Waals surface area contributed by atoms with Gasteiger partial charge in [-0.05, 0) is 23.8 Å². The van der Waals surface area contributed by atoms with E-state index in [-0.39, 0.29) is 11.5 Å². The van der Waals surface area contributed by atoms with E-state index in [4.69, 9.17) is 23.2 Å². The molecule has 0 saturated heterocycles. The standard InChI is InChI=1S/C17H13Cl2N3OS2/c18-12-6-7-13(14(19)8-12)15(23)10-24-17-22-21-16(25-17)20-9-11-4-2-1-3-5-11/h1-8H,9-10H2,(H,20,21). The fourth-order valence-corrected chi connectivity index (χ4v) is 4.18. The molecular weight excluding hydrogens is 397 g/mol. The number of halogens is 2. The molecule has 0 atom stereocenters.